The Labute approximate surface area is 137 Å². The lowest BCUT2D eigenvalue weighted by molar-refractivity contribution is 0.0932. The van der Waals surface area contributed by atoms with Crippen molar-refractivity contribution >= 4 is 40.6 Å². The number of carbonyl (C=O) groups is 1. The fourth-order valence-corrected chi connectivity index (χ4v) is 1.95. The first-order valence-electron chi connectivity index (χ1n) is 6.42. The molecule has 0 saturated heterocycles. The second-order valence-corrected chi connectivity index (χ2v) is 5.05. The van der Waals surface area contributed by atoms with Gasteiger partial charge in [0.25, 0.3) is 5.91 Å². The molecule has 0 spiro atoms. The Kier molecular flexibility index (Phi) is 5.94. The van der Waals surface area contributed by atoms with Gasteiger partial charge in [0.1, 0.15) is 11.5 Å². The van der Waals surface area contributed by atoms with Crippen LogP contribution in [0.15, 0.2) is 30.6 Å². The molecular formula is C14H14Cl2N4O2. The number of ether oxygens (including phenoxy) is 1. The van der Waals surface area contributed by atoms with Gasteiger partial charge >= 0.3 is 0 Å². The number of anilines is 2. The summed E-state index contributed by atoms with van der Waals surface area (Å²) < 4.78 is 4.85. The Balaban J connectivity index is 2.03. The zero-order chi connectivity index (χ0) is 15.9. The number of nitrogens with one attached hydrogen (secondary N) is 2. The average Bonchev–Trinajstić information content (AvgIpc) is 2.53. The van der Waals surface area contributed by atoms with Crippen molar-refractivity contribution in [2.75, 3.05) is 25.6 Å². The Hall–Kier alpha value is -1.89. The van der Waals surface area contributed by atoms with E-state index in [9.17, 15) is 4.79 Å². The molecule has 2 aromatic rings. The molecule has 0 atom stereocenters. The van der Waals surface area contributed by atoms with Gasteiger partial charge in [0.2, 0.25) is 0 Å². The van der Waals surface area contributed by atoms with E-state index < -0.39 is 0 Å². The number of hydrogen-bond acceptors (Lipinski definition) is 5. The van der Waals surface area contributed by atoms with Crippen LogP contribution in [-0.2, 0) is 4.74 Å². The van der Waals surface area contributed by atoms with E-state index in [0.29, 0.717) is 34.7 Å². The molecule has 6 nitrogen and oxygen atoms in total. The standard InChI is InChI=1S/C14H14Cl2N4O2/c1-22-6-5-17-14(21)11-7-19-12(8-18-11)20-10-4-2-3-9(15)13(10)16/h2-4,7-8H,5-6H2,1H3,(H,17,21)(H,19,20). The van der Waals surface area contributed by atoms with E-state index in [1.807, 2.05) is 0 Å². The number of amides is 1. The van der Waals surface area contributed by atoms with Gasteiger partial charge in [-0.3, -0.25) is 4.79 Å². The SMILES string of the molecule is COCCNC(=O)c1cnc(Nc2cccc(Cl)c2Cl)cn1. The molecular weight excluding hydrogens is 327 g/mol. The van der Waals surface area contributed by atoms with Crippen LogP contribution < -0.4 is 10.6 Å². The summed E-state index contributed by atoms with van der Waals surface area (Å²) in [5.74, 6) is 0.148. The smallest absolute Gasteiger partial charge is 0.271 e. The van der Waals surface area contributed by atoms with Crippen LogP contribution in [0, 0.1) is 0 Å². The van der Waals surface area contributed by atoms with Crippen LogP contribution in [0.3, 0.4) is 0 Å². The molecule has 1 heterocycles. The van der Waals surface area contributed by atoms with Crippen molar-refractivity contribution in [1.82, 2.24) is 15.3 Å². The minimum absolute atomic E-state index is 0.221. The van der Waals surface area contributed by atoms with Crippen LogP contribution in [0.5, 0.6) is 0 Å². The van der Waals surface area contributed by atoms with Gasteiger partial charge in [-0.2, -0.15) is 0 Å². The molecule has 22 heavy (non-hydrogen) atoms. The van der Waals surface area contributed by atoms with Gasteiger partial charge in [-0.25, -0.2) is 9.97 Å². The van der Waals surface area contributed by atoms with Gasteiger partial charge in [0.05, 0.1) is 34.7 Å². The monoisotopic (exact) mass is 340 g/mol. The highest BCUT2D eigenvalue weighted by Crippen LogP contribution is 2.30. The zero-order valence-corrected chi connectivity index (χ0v) is 13.3. The molecule has 0 fully saturated rings. The second-order valence-electron chi connectivity index (χ2n) is 4.26. The summed E-state index contributed by atoms with van der Waals surface area (Å²) in [4.78, 5) is 19.9. The summed E-state index contributed by atoms with van der Waals surface area (Å²) in [5, 5.41) is 6.48. The summed E-state index contributed by atoms with van der Waals surface area (Å²) in [6.45, 7) is 0.848. The fourth-order valence-electron chi connectivity index (χ4n) is 1.61. The van der Waals surface area contributed by atoms with Crippen molar-refractivity contribution in [3.05, 3.63) is 46.3 Å². The quantitative estimate of drug-likeness (QED) is 0.790. The molecule has 8 heteroatoms. The first-order valence-corrected chi connectivity index (χ1v) is 7.17. The molecule has 1 amide bonds. The molecule has 1 aromatic heterocycles. The zero-order valence-electron chi connectivity index (χ0n) is 11.8. The summed E-state index contributed by atoms with van der Waals surface area (Å²) in [7, 11) is 1.56. The van der Waals surface area contributed by atoms with E-state index in [1.165, 1.54) is 12.4 Å². The molecule has 0 unspecified atom stereocenters. The molecule has 0 radical (unpaired) electrons. The van der Waals surface area contributed by atoms with Gasteiger partial charge in [0, 0.05) is 13.7 Å². The maximum Gasteiger partial charge on any atom is 0.271 e. The number of hydrogen-bond donors (Lipinski definition) is 2. The van der Waals surface area contributed by atoms with Crippen LogP contribution in [0.25, 0.3) is 0 Å². The minimum atomic E-state index is -0.308. The molecule has 0 aliphatic rings. The first kappa shape index (κ1) is 16.5. The molecule has 0 aliphatic carbocycles. The highest BCUT2D eigenvalue weighted by molar-refractivity contribution is 6.43. The Morgan fingerprint density at radius 1 is 1.27 bits per heavy atom. The average molecular weight is 341 g/mol. The van der Waals surface area contributed by atoms with E-state index in [4.69, 9.17) is 27.9 Å². The van der Waals surface area contributed by atoms with Crippen LogP contribution in [-0.4, -0.2) is 36.1 Å². The predicted octanol–water partition coefficient (Wildman–Crippen LogP) is 2.90. The molecule has 0 aliphatic heterocycles. The number of carbonyl (C=O) groups excluding carboxylic acids is 1. The third-order valence-electron chi connectivity index (χ3n) is 2.69. The normalized spacial score (nSPS) is 10.3. The van der Waals surface area contributed by atoms with Crippen molar-refractivity contribution < 1.29 is 9.53 Å². The maximum atomic E-state index is 11.8. The third-order valence-corrected chi connectivity index (χ3v) is 3.51. The Morgan fingerprint density at radius 3 is 2.77 bits per heavy atom. The summed E-state index contributed by atoms with van der Waals surface area (Å²) in [5.41, 5.74) is 0.833. The summed E-state index contributed by atoms with van der Waals surface area (Å²) in [6, 6.07) is 5.22. The maximum absolute atomic E-state index is 11.8. The first-order chi connectivity index (χ1) is 10.6. The molecule has 116 valence electrons. The van der Waals surface area contributed by atoms with Crippen molar-refractivity contribution in [2.45, 2.75) is 0 Å². The van der Waals surface area contributed by atoms with Crippen LogP contribution in [0.2, 0.25) is 10.0 Å². The van der Waals surface area contributed by atoms with Crippen LogP contribution in [0.1, 0.15) is 10.5 Å². The van der Waals surface area contributed by atoms with E-state index in [1.54, 1.807) is 25.3 Å². The van der Waals surface area contributed by atoms with E-state index in [2.05, 4.69) is 20.6 Å². The highest BCUT2D eigenvalue weighted by atomic mass is 35.5. The third kappa shape index (κ3) is 4.30. The Bertz CT molecular complexity index is 650. The van der Waals surface area contributed by atoms with E-state index in [0.717, 1.165) is 0 Å². The fraction of sp³-hybridized carbons (Fsp3) is 0.214. The van der Waals surface area contributed by atoms with Gasteiger partial charge in [-0.15, -0.1) is 0 Å². The summed E-state index contributed by atoms with van der Waals surface area (Å²) in [6.07, 6.45) is 2.82. The van der Waals surface area contributed by atoms with E-state index in [-0.39, 0.29) is 11.6 Å². The van der Waals surface area contributed by atoms with Crippen molar-refractivity contribution in [3.8, 4) is 0 Å². The lowest BCUT2D eigenvalue weighted by Gasteiger charge is -2.09. The number of methoxy groups -OCH3 is 1. The number of rotatable bonds is 6. The number of aromatic nitrogens is 2. The van der Waals surface area contributed by atoms with Gasteiger partial charge in [-0.05, 0) is 12.1 Å². The van der Waals surface area contributed by atoms with Gasteiger partial charge in [0.15, 0.2) is 0 Å². The molecule has 0 saturated carbocycles. The minimum Gasteiger partial charge on any atom is -0.383 e. The second kappa shape index (κ2) is 7.93. The van der Waals surface area contributed by atoms with Crippen molar-refractivity contribution in [3.63, 3.8) is 0 Å². The molecule has 2 rings (SSSR count). The topological polar surface area (TPSA) is 76.1 Å². The lowest BCUT2D eigenvalue weighted by atomic mass is 10.3. The largest absolute Gasteiger partial charge is 0.383 e. The van der Waals surface area contributed by atoms with Gasteiger partial charge < -0.3 is 15.4 Å². The van der Waals surface area contributed by atoms with E-state index >= 15 is 0 Å². The van der Waals surface area contributed by atoms with Crippen molar-refractivity contribution in [1.29, 1.82) is 0 Å². The van der Waals surface area contributed by atoms with Crippen molar-refractivity contribution in [2.24, 2.45) is 0 Å². The lowest BCUT2D eigenvalue weighted by Crippen LogP contribution is -2.27. The highest BCUT2D eigenvalue weighted by Gasteiger charge is 2.09. The Morgan fingerprint density at radius 2 is 2.09 bits per heavy atom. The number of halogens is 2. The molecule has 1 aromatic carbocycles. The number of benzene rings is 1. The van der Waals surface area contributed by atoms with Crippen LogP contribution in [0.4, 0.5) is 11.5 Å². The summed E-state index contributed by atoms with van der Waals surface area (Å²) >= 11 is 12.0. The molecule has 0 bridgehead atoms. The predicted molar refractivity (Wildman–Crippen MR) is 86.0 cm³/mol. The van der Waals surface area contributed by atoms with Crippen LogP contribution >= 0.6 is 23.2 Å². The number of nitrogens with zero attached hydrogens (tertiary/aromatic N) is 2. The molecule has 2 N–H and O–H groups in total. The van der Waals surface area contributed by atoms with Gasteiger partial charge in [-0.1, -0.05) is 29.3 Å².